The van der Waals surface area contributed by atoms with Gasteiger partial charge in [0.1, 0.15) is 0 Å². The highest BCUT2D eigenvalue weighted by Crippen LogP contribution is 2.17. The van der Waals surface area contributed by atoms with E-state index in [1.54, 1.807) is 12.3 Å². The van der Waals surface area contributed by atoms with E-state index in [0.29, 0.717) is 24.5 Å². The Kier molecular flexibility index (Phi) is 2.32. The standard InChI is InChI=1S/C10H13N3O2/c1-10(5-15-6-10)13-9(14)7-2-3-12-4-8(7)11/h2-4H,5-6,11H2,1H3,(H,13,14). The van der Waals surface area contributed by atoms with E-state index in [2.05, 4.69) is 10.3 Å². The van der Waals surface area contributed by atoms with Gasteiger partial charge >= 0.3 is 0 Å². The van der Waals surface area contributed by atoms with Crippen molar-refractivity contribution in [3.8, 4) is 0 Å². The number of nitrogens with one attached hydrogen (secondary N) is 1. The summed E-state index contributed by atoms with van der Waals surface area (Å²) in [5.41, 5.74) is 6.23. The van der Waals surface area contributed by atoms with Gasteiger partial charge in [0.15, 0.2) is 0 Å². The fraction of sp³-hybridized carbons (Fsp3) is 0.400. The predicted molar refractivity (Wildman–Crippen MR) is 55.3 cm³/mol. The maximum atomic E-state index is 11.8. The molecule has 1 aliphatic rings. The Labute approximate surface area is 87.6 Å². The molecule has 0 spiro atoms. The van der Waals surface area contributed by atoms with Gasteiger partial charge in [-0.05, 0) is 13.0 Å². The van der Waals surface area contributed by atoms with Crippen LogP contribution in [-0.4, -0.2) is 29.6 Å². The molecule has 80 valence electrons. The summed E-state index contributed by atoms with van der Waals surface area (Å²) in [6.45, 7) is 3.03. The molecule has 2 rings (SSSR count). The number of nitrogens with zero attached hydrogens (tertiary/aromatic N) is 1. The molecule has 0 bridgehead atoms. The van der Waals surface area contributed by atoms with E-state index in [0.717, 1.165) is 0 Å². The fourth-order valence-electron chi connectivity index (χ4n) is 1.44. The number of ether oxygens (including phenoxy) is 1. The van der Waals surface area contributed by atoms with Crippen molar-refractivity contribution in [1.29, 1.82) is 0 Å². The molecule has 0 aromatic carbocycles. The molecule has 1 amide bonds. The van der Waals surface area contributed by atoms with Gasteiger partial charge in [-0.1, -0.05) is 0 Å². The van der Waals surface area contributed by atoms with Crippen LogP contribution in [0.15, 0.2) is 18.5 Å². The zero-order valence-electron chi connectivity index (χ0n) is 8.49. The molecule has 0 saturated carbocycles. The molecule has 1 aliphatic heterocycles. The van der Waals surface area contributed by atoms with Gasteiger partial charge in [-0.15, -0.1) is 0 Å². The van der Waals surface area contributed by atoms with Crippen LogP contribution in [0.2, 0.25) is 0 Å². The Balaban J connectivity index is 2.11. The average molecular weight is 207 g/mol. The number of nitrogens with two attached hydrogens (primary N) is 1. The zero-order valence-corrected chi connectivity index (χ0v) is 8.49. The van der Waals surface area contributed by atoms with Gasteiger partial charge in [-0.25, -0.2) is 0 Å². The lowest BCUT2D eigenvalue weighted by molar-refractivity contribution is -0.0593. The van der Waals surface area contributed by atoms with Gasteiger partial charge in [0, 0.05) is 6.20 Å². The summed E-state index contributed by atoms with van der Waals surface area (Å²) in [4.78, 5) is 15.6. The largest absolute Gasteiger partial charge is 0.397 e. The number of anilines is 1. The summed E-state index contributed by atoms with van der Waals surface area (Å²) in [7, 11) is 0. The van der Waals surface area contributed by atoms with Crippen molar-refractivity contribution in [1.82, 2.24) is 10.3 Å². The minimum absolute atomic E-state index is 0.180. The second-order valence-corrected chi connectivity index (χ2v) is 3.97. The number of aromatic nitrogens is 1. The van der Waals surface area contributed by atoms with E-state index in [4.69, 9.17) is 10.5 Å². The maximum Gasteiger partial charge on any atom is 0.254 e. The molecule has 1 aromatic rings. The van der Waals surface area contributed by atoms with Crippen molar-refractivity contribution >= 4 is 11.6 Å². The number of nitrogen functional groups attached to an aromatic ring is 1. The molecule has 1 aromatic heterocycles. The molecule has 0 radical (unpaired) electrons. The van der Waals surface area contributed by atoms with Crippen LogP contribution < -0.4 is 11.1 Å². The van der Waals surface area contributed by atoms with Gasteiger partial charge in [0.05, 0.1) is 36.2 Å². The van der Waals surface area contributed by atoms with Crippen molar-refractivity contribution in [3.63, 3.8) is 0 Å². The van der Waals surface area contributed by atoms with Crippen LogP contribution in [0, 0.1) is 0 Å². The molecular formula is C10H13N3O2. The molecule has 0 atom stereocenters. The molecule has 0 unspecified atom stereocenters. The number of amides is 1. The van der Waals surface area contributed by atoms with Crippen LogP contribution in [0.1, 0.15) is 17.3 Å². The van der Waals surface area contributed by atoms with E-state index in [1.807, 2.05) is 6.92 Å². The first-order valence-electron chi connectivity index (χ1n) is 4.70. The Morgan fingerprint density at radius 1 is 1.67 bits per heavy atom. The molecule has 2 heterocycles. The number of rotatable bonds is 2. The average Bonchev–Trinajstić information content (AvgIpc) is 2.16. The van der Waals surface area contributed by atoms with Gasteiger partial charge < -0.3 is 15.8 Å². The summed E-state index contributed by atoms with van der Waals surface area (Å²) in [6, 6.07) is 1.60. The first kappa shape index (κ1) is 9.92. The second kappa shape index (κ2) is 3.51. The predicted octanol–water partition coefficient (Wildman–Crippen LogP) is 0.183. The highest BCUT2D eigenvalue weighted by Gasteiger charge is 2.35. The summed E-state index contributed by atoms with van der Waals surface area (Å²) in [5.74, 6) is -0.180. The topological polar surface area (TPSA) is 77.2 Å². The minimum Gasteiger partial charge on any atom is -0.397 e. The van der Waals surface area contributed by atoms with Crippen LogP contribution in [-0.2, 0) is 4.74 Å². The molecule has 1 saturated heterocycles. The molecule has 5 nitrogen and oxygen atoms in total. The smallest absolute Gasteiger partial charge is 0.254 e. The second-order valence-electron chi connectivity index (χ2n) is 3.97. The zero-order chi connectivity index (χ0) is 10.9. The minimum atomic E-state index is -0.257. The van der Waals surface area contributed by atoms with Crippen molar-refractivity contribution in [2.24, 2.45) is 0 Å². The van der Waals surface area contributed by atoms with Crippen LogP contribution in [0.4, 0.5) is 5.69 Å². The van der Waals surface area contributed by atoms with Gasteiger partial charge in [-0.2, -0.15) is 0 Å². The highest BCUT2D eigenvalue weighted by atomic mass is 16.5. The lowest BCUT2D eigenvalue weighted by atomic mass is 10.00. The summed E-state index contributed by atoms with van der Waals surface area (Å²) in [6.07, 6.45) is 3.01. The van der Waals surface area contributed by atoms with Crippen molar-refractivity contribution < 1.29 is 9.53 Å². The van der Waals surface area contributed by atoms with E-state index in [1.165, 1.54) is 6.20 Å². The number of pyridine rings is 1. The van der Waals surface area contributed by atoms with Gasteiger partial charge in [0.25, 0.3) is 5.91 Å². The van der Waals surface area contributed by atoms with Crippen LogP contribution >= 0.6 is 0 Å². The Morgan fingerprint density at radius 3 is 2.93 bits per heavy atom. The maximum absolute atomic E-state index is 11.8. The van der Waals surface area contributed by atoms with Crippen LogP contribution in [0.3, 0.4) is 0 Å². The molecule has 5 heteroatoms. The van der Waals surface area contributed by atoms with E-state index in [9.17, 15) is 4.79 Å². The SMILES string of the molecule is CC1(NC(=O)c2ccncc2N)COC1. The lowest BCUT2D eigenvalue weighted by Crippen LogP contribution is -2.59. The first-order chi connectivity index (χ1) is 7.11. The normalized spacial score (nSPS) is 17.9. The molecule has 0 aliphatic carbocycles. The number of carbonyl (C=O) groups excluding carboxylic acids is 1. The Hall–Kier alpha value is -1.62. The van der Waals surface area contributed by atoms with E-state index in [-0.39, 0.29) is 11.4 Å². The fourth-order valence-corrected chi connectivity index (χ4v) is 1.44. The van der Waals surface area contributed by atoms with Crippen LogP contribution in [0.5, 0.6) is 0 Å². The molecule has 3 N–H and O–H groups in total. The third-order valence-corrected chi connectivity index (χ3v) is 2.35. The highest BCUT2D eigenvalue weighted by molar-refractivity contribution is 5.99. The number of hydrogen-bond acceptors (Lipinski definition) is 4. The van der Waals surface area contributed by atoms with Crippen LogP contribution in [0.25, 0.3) is 0 Å². The Morgan fingerprint density at radius 2 is 2.40 bits per heavy atom. The van der Waals surface area contributed by atoms with Crippen molar-refractivity contribution in [3.05, 3.63) is 24.0 Å². The monoisotopic (exact) mass is 207 g/mol. The van der Waals surface area contributed by atoms with E-state index < -0.39 is 0 Å². The lowest BCUT2D eigenvalue weighted by Gasteiger charge is -2.38. The van der Waals surface area contributed by atoms with Gasteiger partial charge in [-0.3, -0.25) is 9.78 Å². The quantitative estimate of drug-likeness (QED) is 0.725. The first-order valence-corrected chi connectivity index (χ1v) is 4.70. The van der Waals surface area contributed by atoms with Gasteiger partial charge in [0.2, 0.25) is 0 Å². The Bertz CT molecular complexity index is 388. The summed E-state index contributed by atoms with van der Waals surface area (Å²) >= 11 is 0. The third-order valence-electron chi connectivity index (χ3n) is 2.35. The molecular weight excluding hydrogens is 194 g/mol. The molecule has 1 fully saturated rings. The summed E-state index contributed by atoms with van der Waals surface area (Å²) < 4.78 is 5.05. The summed E-state index contributed by atoms with van der Waals surface area (Å²) in [5, 5.41) is 2.88. The van der Waals surface area contributed by atoms with Crippen molar-refractivity contribution in [2.75, 3.05) is 18.9 Å². The number of carbonyl (C=O) groups is 1. The third kappa shape index (κ3) is 1.92. The number of hydrogen-bond donors (Lipinski definition) is 2. The molecule has 15 heavy (non-hydrogen) atoms. The van der Waals surface area contributed by atoms with Crippen molar-refractivity contribution in [2.45, 2.75) is 12.5 Å². The van der Waals surface area contributed by atoms with E-state index >= 15 is 0 Å².